The van der Waals surface area contributed by atoms with Crippen molar-refractivity contribution in [3.8, 4) is 0 Å². The summed E-state index contributed by atoms with van der Waals surface area (Å²) >= 11 is 3.85. The Hall–Kier alpha value is -0.100. The standard InChI is InChI=1S/C9H11IN2S/c1-7(2)3-4-13-9-11-5-8(10)6-12-9/h3,5-6H,4H2,1-2H3. The molecule has 0 bridgehead atoms. The van der Waals surface area contributed by atoms with E-state index < -0.39 is 0 Å². The van der Waals surface area contributed by atoms with Gasteiger partial charge < -0.3 is 0 Å². The van der Waals surface area contributed by atoms with Crippen LogP contribution in [0.5, 0.6) is 0 Å². The molecule has 0 aliphatic rings. The average molecular weight is 306 g/mol. The van der Waals surface area contributed by atoms with Gasteiger partial charge in [-0.05, 0) is 36.4 Å². The highest BCUT2D eigenvalue weighted by Crippen LogP contribution is 2.13. The van der Waals surface area contributed by atoms with Gasteiger partial charge in [-0.25, -0.2) is 9.97 Å². The second-order valence-electron chi connectivity index (χ2n) is 2.78. The van der Waals surface area contributed by atoms with Gasteiger partial charge in [-0.2, -0.15) is 0 Å². The maximum absolute atomic E-state index is 4.19. The minimum absolute atomic E-state index is 0.845. The van der Waals surface area contributed by atoms with Crippen LogP contribution >= 0.6 is 34.4 Å². The van der Waals surface area contributed by atoms with Crippen molar-refractivity contribution < 1.29 is 0 Å². The maximum atomic E-state index is 4.19. The van der Waals surface area contributed by atoms with E-state index in [1.165, 1.54) is 5.57 Å². The summed E-state index contributed by atoms with van der Waals surface area (Å²) in [4.78, 5) is 8.38. The molecule has 0 radical (unpaired) electrons. The summed E-state index contributed by atoms with van der Waals surface area (Å²) in [5, 5.41) is 0.845. The fourth-order valence-electron chi connectivity index (χ4n) is 0.658. The zero-order chi connectivity index (χ0) is 9.68. The highest BCUT2D eigenvalue weighted by Gasteiger charge is 1.94. The van der Waals surface area contributed by atoms with Gasteiger partial charge in [0, 0.05) is 21.7 Å². The fourth-order valence-corrected chi connectivity index (χ4v) is 1.76. The van der Waals surface area contributed by atoms with Gasteiger partial charge in [0.25, 0.3) is 0 Å². The van der Waals surface area contributed by atoms with E-state index in [2.05, 4.69) is 52.5 Å². The van der Waals surface area contributed by atoms with Crippen molar-refractivity contribution in [2.75, 3.05) is 5.75 Å². The minimum Gasteiger partial charge on any atom is -0.230 e. The summed E-state index contributed by atoms with van der Waals surface area (Å²) < 4.78 is 1.07. The third-order valence-corrected chi connectivity index (χ3v) is 2.66. The molecule has 0 N–H and O–H groups in total. The van der Waals surface area contributed by atoms with Crippen molar-refractivity contribution in [1.82, 2.24) is 9.97 Å². The zero-order valence-electron chi connectivity index (χ0n) is 7.62. The number of allylic oxidation sites excluding steroid dienone is 1. The minimum atomic E-state index is 0.845. The molecule has 0 aliphatic carbocycles. The number of thioether (sulfide) groups is 1. The lowest BCUT2D eigenvalue weighted by Crippen LogP contribution is -1.86. The van der Waals surface area contributed by atoms with Crippen molar-refractivity contribution in [3.05, 3.63) is 27.6 Å². The van der Waals surface area contributed by atoms with E-state index >= 15 is 0 Å². The molecule has 0 amide bonds. The summed E-state index contributed by atoms with van der Waals surface area (Å²) in [5.41, 5.74) is 1.33. The van der Waals surface area contributed by atoms with Crippen LogP contribution in [0.3, 0.4) is 0 Å². The lowest BCUT2D eigenvalue weighted by molar-refractivity contribution is 0.959. The molecule has 0 aliphatic heterocycles. The van der Waals surface area contributed by atoms with Crippen molar-refractivity contribution >= 4 is 34.4 Å². The molecule has 1 heterocycles. The van der Waals surface area contributed by atoms with Gasteiger partial charge in [0.2, 0.25) is 0 Å². The fraction of sp³-hybridized carbons (Fsp3) is 0.333. The largest absolute Gasteiger partial charge is 0.230 e. The van der Waals surface area contributed by atoms with Crippen LogP contribution in [0.2, 0.25) is 0 Å². The van der Waals surface area contributed by atoms with Crippen LogP contribution < -0.4 is 0 Å². The first-order valence-corrected chi connectivity index (χ1v) is 5.98. The molecule has 4 heteroatoms. The van der Waals surface area contributed by atoms with Crippen molar-refractivity contribution in [2.24, 2.45) is 0 Å². The lowest BCUT2D eigenvalue weighted by Gasteiger charge is -1.96. The van der Waals surface area contributed by atoms with Crippen LogP contribution in [0, 0.1) is 3.57 Å². The van der Waals surface area contributed by atoms with E-state index in [0.29, 0.717) is 0 Å². The molecule has 1 aromatic rings. The molecule has 70 valence electrons. The molecule has 0 fully saturated rings. The molecule has 13 heavy (non-hydrogen) atoms. The monoisotopic (exact) mass is 306 g/mol. The highest BCUT2D eigenvalue weighted by atomic mass is 127. The highest BCUT2D eigenvalue weighted by molar-refractivity contribution is 14.1. The average Bonchev–Trinajstić information content (AvgIpc) is 2.08. The van der Waals surface area contributed by atoms with Gasteiger partial charge in [-0.1, -0.05) is 23.4 Å². The molecule has 0 spiro atoms. The lowest BCUT2D eigenvalue weighted by atomic mass is 10.3. The van der Waals surface area contributed by atoms with Crippen molar-refractivity contribution in [3.63, 3.8) is 0 Å². The Balaban J connectivity index is 2.46. The SMILES string of the molecule is CC(C)=CCSc1ncc(I)cn1. The maximum Gasteiger partial charge on any atom is 0.187 e. The van der Waals surface area contributed by atoms with E-state index in [9.17, 15) is 0 Å². The number of hydrogen-bond acceptors (Lipinski definition) is 3. The molecule has 1 rings (SSSR count). The molecule has 0 unspecified atom stereocenters. The molecule has 0 aromatic carbocycles. The Morgan fingerprint density at radius 3 is 2.62 bits per heavy atom. The second-order valence-corrected chi connectivity index (χ2v) is 5.01. The Labute approximate surface area is 96.4 Å². The Morgan fingerprint density at radius 2 is 2.08 bits per heavy atom. The van der Waals surface area contributed by atoms with Gasteiger partial charge in [0.1, 0.15) is 0 Å². The van der Waals surface area contributed by atoms with Crippen LogP contribution in [0.25, 0.3) is 0 Å². The van der Waals surface area contributed by atoms with Gasteiger partial charge >= 0.3 is 0 Å². The summed E-state index contributed by atoms with van der Waals surface area (Å²) in [6.45, 7) is 4.19. The zero-order valence-corrected chi connectivity index (χ0v) is 10.6. The first-order chi connectivity index (χ1) is 6.18. The van der Waals surface area contributed by atoms with Crippen molar-refractivity contribution in [1.29, 1.82) is 0 Å². The first-order valence-electron chi connectivity index (χ1n) is 3.92. The van der Waals surface area contributed by atoms with Gasteiger partial charge in [-0.3, -0.25) is 0 Å². The van der Waals surface area contributed by atoms with E-state index in [-0.39, 0.29) is 0 Å². The smallest absolute Gasteiger partial charge is 0.187 e. The number of aromatic nitrogens is 2. The Bertz CT molecular complexity index is 291. The topological polar surface area (TPSA) is 25.8 Å². The van der Waals surface area contributed by atoms with E-state index in [1.807, 2.05) is 12.4 Å². The van der Waals surface area contributed by atoms with E-state index in [0.717, 1.165) is 14.5 Å². The van der Waals surface area contributed by atoms with Crippen LogP contribution in [0.4, 0.5) is 0 Å². The third kappa shape index (κ3) is 4.61. The van der Waals surface area contributed by atoms with Crippen LogP contribution in [-0.4, -0.2) is 15.7 Å². The van der Waals surface area contributed by atoms with Crippen molar-refractivity contribution in [2.45, 2.75) is 19.0 Å². The van der Waals surface area contributed by atoms with E-state index in [1.54, 1.807) is 11.8 Å². The summed E-state index contributed by atoms with van der Waals surface area (Å²) in [6, 6.07) is 0. The molecule has 0 saturated carbocycles. The van der Waals surface area contributed by atoms with Crippen LogP contribution in [-0.2, 0) is 0 Å². The van der Waals surface area contributed by atoms with Crippen LogP contribution in [0.1, 0.15) is 13.8 Å². The predicted molar refractivity (Wildman–Crippen MR) is 64.9 cm³/mol. The number of rotatable bonds is 3. The second kappa shape index (κ2) is 5.59. The predicted octanol–water partition coefficient (Wildman–Crippen LogP) is 3.14. The quantitative estimate of drug-likeness (QED) is 0.371. The van der Waals surface area contributed by atoms with Crippen LogP contribution in [0.15, 0.2) is 29.2 Å². The molecule has 2 nitrogen and oxygen atoms in total. The summed E-state index contributed by atoms with van der Waals surface area (Å²) in [7, 11) is 0. The third-order valence-electron chi connectivity index (χ3n) is 1.30. The molecule has 0 atom stereocenters. The first kappa shape index (κ1) is 11.0. The summed E-state index contributed by atoms with van der Waals surface area (Å²) in [6.07, 6.45) is 5.84. The Kier molecular flexibility index (Phi) is 4.72. The molecule has 0 saturated heterocycles. The molecular formula is C9H11IN2S. The van der Waals surface area contributed by atoms with E-state index in [4.69, 9.17) is 0 Å². The number of hydrogen-bond donors (Lipinski definition) is 0. The van der Waals surface area contributed by atoms with Gasteiger partial charge in [0.05, 0.1) is 0 Å². The van der Waals surface area contributed by atoms with Gasteiger partial charge in [0.15, 0.2) is 5.16 Å². The molecule has 1 aromatic heterocycles. The summed E-state index contributed by atoms with van der Waals surface area (Å²) in [5.74, 6) is 0.947. The molecular weight excluding hydrogens is 295 g/mol. The Morgan fingerprint density at radius 1 is 1.46 bits per heavy atom. The number of halogens is 1. The number of nitrogens with zero attached hydrogens (tertiary/aromatic N) is 2. The van der Waals surface area contributed by atoms with Gasteiger partial charge in [-0.15, -0.1) is 0 Å². The normalized spacial score (nSPS) is 9.77.